The van der Waals surface area contributed by atoms with Crippen LogP contribution in [0.3, 0.4) is 0 Å². The minimum absolute atomic E-state index is 0. The van der Waals surface area contributed by atoms with Crippen molar-refractivity contribution in [1.29, 1.82) is 0 Å². The topological polar surface area (TPSA) is 12.5 Å². The predicted molar refractivity (Wildman–Crippen MR) is 55.1 cm³/mol. The van der Waals surface area contributed by atoms with Crippen molar-refractivity contribution in [2.75, 3.05) is 31.2 Å². The third kappa shape index (κ3) is 3.11. The summed E-state index contributed by atoms with van der Waals surface area (Å²) < 4.78 is 5.28. The molecule has 1 aliphatic rings. The van der Waals surface area contributed by atoms with Crippen molar-refractivity contribution in [3.63, 3.8) is 0 Å². The van der Waals surface area contributed by atoms with E-state index in [-0.39, 0.29) is 29.6 Å². The van der Waals surface area contributed by atoms with Crippen LogP contribution in [0.1, 0.15) is 0 Å². The van der Waals surface area contributed by atoms with Crippen LogP contribution in [-0.2, 0) is 17.4 Å². The van der Waals surface area contributed by atoms with Crippen LogP contribution in [-0.4, -0.2) is 26.3 Å². The van der Waals surface area contributed by atoms with Gasteiger partial charge in [0.15, 0.2) is 0 Å². The molecule has 1 saturated heterocycles. The van der Waals surface area contributed by atoms with Crippen LogP contribution in [0.4, 0.5) is 5.69 Å². The summed E-state index contributed by atoms with van der Waals surface area (Å²) in [6, 6.07) is 8.10. The molecule has 1 aromatic carbocycles. The van der Waals surface area contributed by atoms with Gasteiger partial charge in [0.25, 0.3) is 0 Å². The zero-order valence-electron chi connectivity index (χ0n) is 8.40. The fraction of sp³-hybridized carbons (Fsp3) is 0.400. The number of anilines is 1. The largest absolute Gasteiger partial charge is 1.00 e. The smallest absolute Gasteiger partial charge is 0.780 e. The molecule has 0 saturated carbocycles. The summed E-state index contributed by atoms with van der Waals surface area (Å²) in [5.74, 6) is 0. The summed E-state index contributed by atoms with van der Waals surface area (Å²) >= 11 is 5.03. The molecule has 14 heavy (non-hydrogen) atoms. The van der Waals surface area contributed by atoms with E-state index >= 15 is 0 Å². The van der Waals surface area contributed by atoms with Crippen molar-refractivity contribution in [2.45, 2.75) is 4.90 Å². The van der Waals surface area contributed by atoms with E-state index in [2.05, 4.69) is 17.0 Å². The second-order valence-electron chi connectivity index (χ2n) is 3.09. The van der Waals surface area contributed by atoms with E-state index in [1.807, 2.05) is 12.1 Å². The first-order valence-electron chi connectivity index (χ1n) is 4.46. The van der Waals surface area contributed by atoms with Crippen LogP contribution >= 0.6 is 0 Å². The third-order valence-corrected chi connectivity index (χ3v) is 2.49. The van der Waals surface area contributed by atoms with Crippen molar-refractivity contribution >= 4 is 18.3 Å². The SMILES string of the molecule is [Na+].[S-]c1ccc(N2CCOCC2)cc1. The van der Waals surface area contributed by atoms with Gasteiger partial charge in [0, 0.05) is 18.8 Å². The summed E-state index contributed by atoms with van der Waals surface area (Å²) in [5.41, 5.74) is 1.25. The van der Waals surface area contributed by atoms with Crippen LogP contribution in [0.5, 0.6) is 0 Å². The van der Waals surface area contributed by atoms with Crippen molar-refractivity contribution in [1.82, 2.24) is 0 Å². The maximum atomic E-state index is 5.28. The number of hydrogen-bond donors (Lipinski definition) is 0. The average molecular weight is 217 g/mol. The molecular formula is C10H12NNaOS. The van der Waals surface area contributed by atoms with E-state index in [0.717, 1.165) is 31.2 Å². The Morgan fingerprint density at radius 3 is 2.21 bits per heavy atom. The minimum Gasteiger partial charge on any atom is -0.780 e. The number of rotatable bonds is 1. The first-order chi connectivity index (χ1) is 6.36. The molecule has 1 fully saturated rings. The number of benzene rings is 1. The second-order valence-corrected chi connectivity index (χ2v) is 3.56. The average Bonchev–Trinajstić information content (AvgIpc) is 2.20. The van der Waals surface area contributed by atoms with Gasteiger partial charge in [-0.2, -0.15) is 4.90 Å². The Labute approximate surface area is 112 Å². The minimum atomic E-state index is 0. The molecule has 0 aliphatic carbocycles. The molecular weight excluding hydrogens is 205 g/mol. The molecule has 0 unspecified atom stereocenters. The molecule has 0 bridgehead atoms. The normalized spacial score (nSPS) is 16.1. The number of nitrogens with zero attached hydrogens (tertiary/aromatic N) is 1. The third-order valence-electron chi connectivity index (χ3n) is 2.21. The van der Waals surface area contributed by atoms with Gasteiger partial charge in [-0.1, -0.05) is 12.1 Å². The van der Waals surface area contributed by atoms with Gasteiger partial charge in [0.2, 0.25) is 0 Å². The van der Waals surface area contributed by atoms with E-state index in [1.165, 1.54) is 5.69 Å². The molecule has 1 heterocycles. The van der Waals surface area contributed by atoms with Crippen molar-refractivity contribution in [3.8, 4) is 0 Å². The van der Waals surface area contributed by atoms with E-state index in [4.69, 9.17) is 17.4 Å². The van der Waals surface area contributed by atoms with Gasteiger partial charge in [0.05, 0.1) is 13.2 Å². The molecule has 4 heteroatoms. The van der Waals surface area contributed by atoms with Gasteiger partial charge in [-0.3, -0.25) is 0 Å². The van der Waals surface area contributed by atoms with Crippen molar-refractivity contribution in [2.24, 2.45) is 0 Å². The van der Waals surface area contributed by atoms with Crippen LogP contribution in [0.25, 0.3) is 0 Å². The zero-order chi connectivity index (χ0) is 9.10. The van der Waals surface area contributed by atoms with E-state index in [9.17, 15) is 0 Å². The van der Waals surface area contributed by atoms with Crippen LogP contribution in [0.2, 0.25) is 0 Å². The van der Waals surface area contributed by atoms with Gasteiger partial charge < -0.3 is 22.3 Å². The maximum absolute atomic E-state index is 5.28. The standard InChI is InChI=1S/C10H13NOS.Na/c13-10-3-1-9(2-4-10)11-5-7-12-8-6-11;/h1-4,13H,5-8H2;/q;+1/p-1. The van der Waals surface area contributed by atoms with Gasteiger partial charge in [-0.25, -0.2) is 0 Å². The molecule has 1 aliphatic heterocycles. The molecule has 70 valence electrons. The Hall–Kier alpha value is 0.200. The maximum Gasteiger partial charge on any atom is 1.00 e. The van der Waals surface area contributed by atoms with E-state index < -0.39 is 0 Å². The first kappa shape index (κ1) is 12.3. The Bertz CT molecular complexity index is 272. The van der Waals surface area contributed by atoms with E-state index in [0.29, 0.717) is 0 Å². The van der Waals surface area contributed by atoms with Crippen molar-refractivity contribution in [3.05, 3.63) is 24.3 Å². The number of ether oxygens (including phenoxy) is 1. The quantitative estimate of drug-likeness (QED) is 0.417. The van der Waals surface area contributed by atoms with Crippen LogP contribution in [0.15, 0.2) is 29.2 Å². The van der Waals surface area contributed by atoms with Gasteiger partial charge in [0.1, 0.15) is 0 Å². The fourth-order valence-electron chi connectivity index (χ4n) is 1.48. The molecule has 1 aromatic rings. The van der Waals surface area contributed by atoms with Crippen LogP contribution in [0, 0.1) is 0 Å². The molecule has 0 N–H and O–H groups in total. The molecule has 0 atom stereocenters. The van der Waals surface area contributed by atoms with Crippen LogP contribution < -0.4 is 34.5 Å². The summed E-state index contributed by atoms with van der Waals surface area (Å²) in [4.78, 5) is 3.22. The van der Waals surface area contributed by atoms with Gasteiger partial charge in [-0.15, -0.1) is 0 Å². The fourth-order valence-corrected chi connectivity index (χ4v) is 1.61. The molecule has 0 spiro atoms. The Balaban J connectivity index is 0.000000980. The summed E-state index contributed by atoms with van der Waals surface area (Å²) in [5, 5.41) is 0. The Morgan fingerprint density at radius 2 is 1.64 bits per heavy atom. The second kappa shape index (κ2) is 5.93. The van der Waals surface area contributed by atoms with Gasteiger partial charge >= 0.3 is 29.6 Å². The molecule has 2 rings (SSSR count). The number of hydrogen-bond acceptors (Lipinski definition) is 3. The Kier molecular flexibility index (Phi) is 5.20. The summed E-state index contributed by atoms with van der Waals surface area (Å²) in [6.07, 6.45) is 0. The molecule has 0 aromatic heterocycles. The number of morpholine rings is 1. The van der Waals surface area contributed by atoms with Crippen molar-refractivity contribution < 1.29 is 34.3 Å². The monoisotopic (exact) mass is 217 g/mol. The predicted octanol–water partition coefficient (Wildman–Crippen LogP) is -1.57. The molecule has 2 nitrogen and oxygen atoms in total. The van der Waals surface area contributed by atoms with Gasteiger partial charge in [-0.05, 0) is 12.1 Å². The molecule has 0 amide bonds. The zero-order valence-corrected chi connectivity index (χ0v) is 11.2. The summed E-state index contributed by atoms with van der Waals surface area (Å²) in [6.45, 7) is 3.62. The van der Waals surface area contributed by atoms with E-state index in [1.54, 1.807) is 0 Å². The molecule has 0 radical (unpaired) electrons. The first-order valence-corrected chi connectivity index (χ1v) is 4.87. The summed E-state index contributed by atoms with van der Waals surface area (Å²) in [7, 11) is 0. The Morgan fingerprint density at radius 1 is 1.07 bits per heavy atom.